The van der Waals surface area contributed by atoms with Crippen molar-refractivity contribution in [3.05, 3.63) is 17.7 Å². The topological polar surface area (TPSA) is 75.6 Å². The Kier molecular flexibility index (Phi) is 3.88. The van der Waals surface area contributed by atoms with Gasteiger partial charge in [-0.25, -0.2) is 0 Å². The van der Waals surface area contributed by atoms with Gasteiger partial charge in [0.1, 0.15) is 17.8 Å². The summed E-state index contributed by atoms with van der Waals surface area (Å²) >= 11 is 0. The number of carbonyl (C=O) groups is 2. The number of aldehydes is 1. The molecule has 2 N–H and O–H groups in total. The van der Waals surface area contributed by atoms with Gasteiger partial charge in [0.15, 0.2) is 0 Å². The van der Waals surface area contributed by atoms with Crippen LogP contribution in [0.2, 0.25) is 0 Å². The molecule has 5 heteroatoms. The van der Waals surface area contributed by atoms with Crippen LogP contribution in [0.3, 0.4) is 0 Å². The third-order valence-corrected chi connectivity index (χ3v) is 2.01. The van der Waals surface area contributed by atoms with E-state index in [1.165, 1.54) is 20.1 Å². The van der Waals surface area contributed by atoms with Crippen LogP contribution in [0.4, 0.5) is 5.69 Å². The molecule has 0 unspecified atom stereocenters. The molecular formula is C11H13NO4. The third-order valence-electron chi connectivity index (χ3n) is 2.01. The number of benzene rings is 1. The Labute approximate surface area is 93.0 Å². The van der Waals surface area contributed by atoms with Crippen LogP contribution in [0.15, 0.2) is 12.1 Å². The summed E-state index contributed by atoms with van der Waals surface area (Å²) in [5.41, 5.74) is 0.836. The Morgan fingerprint density at radius 1 is 1.56 bits per heavy atom. The van der Waals surface area contributed by atoms with E-state index in [-0.39, 0.29) is 18.1 Å². The van der Waals surface area contributed by atoms with Crippen LogP contribution in [0, 0.1) is 0 Å². The summed E-state index contributed by atoms with van der Waals surface area (Å²) in [5, 5.41) is 12.2. The number of hydrogen-bond acceptors (Lipinski definition) is 4. The quantitative estimate of drug-likeness (QED) is 0.749. The minimum atomic E-state index is -0.246. The van der Waals surface area contributed by atoms with E-state index in [4.69, 9.17) is 4.74 Å². The van der Waals surface area contributed by atoms with Crippen LogP contribution in [0.25, 0.3) is 0 Å². The molecule has 1 rings (SSSR count). The monoisotopic (exact) mass is 223 g/mol. The largest absolute Gasteiger partial charge is 0.507 e. The first kappa shape index (κ1) is 12.0. The fraction of sp³-hybridized carbons (Fsp3) is 0.273. The first-order valence-corrected chi connectivity index (χ1v) is 4.69. The number of phenolic OH excluding ortho intramolecular Hbond substituents is 1. The van der Waals surface area contributed by atoms with Gasteiger partial charge in [-0.2, -0.15) is 0 Å². The molecule has 0 aliphatic rings. The molecule has 0 bridgehead atoms. The maximum absolute atomic E-state index is 10.8. The molecule has 0 aliphatic carbocycles. The lowest BCUT2D eigenvalue weighted by Gasteiger charge is -2.11. The van der Waals surface area contributed by atoms with Gasteiger partial charge in [-0.15, -0.1) is 0 Å². The van der Waals surface area contributed by atoms with Gasteiger partial charge in [0.2, 0.25) is 5.91 Å². The van der Waals surface area contributed by atoms with Crippen LogP contribution in [-0.2, 0) is 16.0 Å². The molecule has 0 saturated carbocycles. The zero-order valence-corrected chi connectivity index (χ0v) is 9.11. The van der Waals surface area contributed by atoms with E-state index in [1.54, 1.807) is 6.07 Å². The van der Waals surface area contributed by atoms with Gasteiger partial charge < -0.3 is 20.0 Å². The van der Waals surface area contributed by atoms with Crippen molar-refractivity contribution in [2.24, 2.45) is 0 Å². The maximum atomic E-state index is 10.8. The predicted octanol–water partition coefficient (Wildman–Crippen LogP) is 1.10. The second-order valence-electron chi connectivity index (χ2n) is 3.23. The van der Waals surface area contributed by atoms with E-state index < -0.39 is 0 Å². The SMILES string of the molecule is COc1cc(NC(C)=O)cc(O)c1CC=O. The van der Waals surface area contributed by atoms with Crippen molar-refractivity contribution in [3.8, 4) is 11.5 Å². The summed E-state index contributed by atoms with van der Waals surface area (Å²) in [6.45, 7) is 1.36. The number of carbonyl (C=O) groups excluding carboxylic acids is 2. The molecule has 1 aromatic rings. The van der Waals surface area contributed by atoms with Gasteiger partial charge in [0, 0.05) is 36.7 Å². The molecule has 1 amide bonds. The summed E-state index contributed by atoms with van der Waals surface area (Å²) in [6, 6.07) is 2.93. The number of hydrogen-bond donors (Lipinski definition) is 2. The number of aromatic hydroxyl groups is 1. The lowest BCUT2D eigenvalue weighted by molar-refractivity contribution is -0.114. The van der Waals surface area contributed by atoms with Crippen molar-refractivity contribution >= 4 is 17.9 Å². The number of amides is 1. The number of rotatable bonds is 4. The second-order valence-corrected chi connectivity index (χ2v) is 3.23. The molecular weight excluding hydrogens is 210 g/mol. The number of nitrogens with one attached hydrogen (secondary N) is 1. The maximum Gasteiger partial charge on any atom is 0.221 e. The van der Waals surface area contributed by atoms with Gasteiger partial charge in [-0.05, 0) is 0 Å². The zero-order chi connectivity index (χ0) is 12.1. The van der Waals surface area contributed by atoms with Crippen LogP contribution < -0.4 is 10.1 Å². The van der Waals surface area contributed by atoms with Crippen molar-refractivity contribution in [1.29, 1.82) is 0 Å². The highest BCUT2D eigenvalue weighted by molar-refractivity contribution is 5.89. The second kappa shape index (κ2) is 5.16. The Hall–Kier alpha value is -2.04. The van der Waals surface area contributed by atoms with Crippen molar-refractivity contribution in [3.63, 3.8) is 0 Å². The lowest BCUT2D eigenvalue weighted by Crippen LogP contribution is -2.06. The number of phenols is 1. The number of methoxy groups -OCH3 is 1. The predicted molar refractivity (Wildman–Crippen MR) is 58.7 cm³/mol. The smallest absolute Gasteiger partial charge is 0.221 e. The Morgan fingerprint density at radius 2 is 2.25 bits per heavy atom. The van der Waals surface area contributed by atoms with E-state index in [0.717, 1.165) is 0 Å². The van der Waals surface area contributed by atoms with E-state index in [9.17, 15) is 14.7 Å². The fourth-order valence-corrected chi connectivity index (χ4v) is 1.38. The molecule has 1 aromatic carbocycles. The highest BCUT2D eigenvalue weighted by Crippen LogP contribution is 2.32. The Balaban J connectivity index is 3.14. The molecule has 0 radical (unpaired) electrons. The van der Waals surface area contributed by atoms with Gasteiger partial charge in [0.05, 0.1) is 7.11 Å². The van der Waals surface area contributed by atoms with Crippen molar-refractivity contribution in [1.82, 2.24) is 0 Å². The molecule has 0 fully saturated rings. The molecule has 0 aromatic heterocycles. The molecule has 0 saturated heterocycles. The van der Waals surface area contributed by atoms with Crippen molar-refractivity contribution < 1.29 is 19.4 Å². The molecule has 16 heavy (non-hydrogen) atoms. The minimum absolute atomic E-state index is 0.0648. The molecule has 0 spiro atoms. The average Bonchev–Trinajstić information content (AvgIpc) is 2.20. The summed E-state index contributed by atoms with van der Waals surface area (Å²) < 4.78 is 5.03. The molecule has 86 valence electrons. The van der Waals surface area contributed by atoms with Crippen molar-refractivity contribution in [2.75, 3.05) is 12.4 Å². The molecule has 5 nitrogen and oxygen atoms in total. The summed E-state index contributed by atoms with van der Waals surface area (Å²) in [6.07, 6.45) is 0.741. The fourth-order valence-electron chi connectivity index (χ4n) is 1.38. The van der Waals surface area contributed by atoms with Gasteiger partial charge in [0.25, 0.3) is 0 Å². The highest BCUT2D eigenvalue weighted by Gasteiger charge is 2.11. The standard InChI is InChI=1S/C11H13NO4/c1-7(14)12-8-5-10(15)9(3-4-13)11(6-8)16-2/h4-6,15H,3H2,1-2H3,(H,12,14). The first-order valence-electron chi connectivity index (χ1n) is 4.69. The number of ether oxygens (including phenoxy) is 1. The van der Waals surface area contributed by atoms with Crippen LogP contribution in [-0.4, -0.2) is 24.4 Å². The number of anilines is 1. The normalized spacial score (nSPS) is 9.62. The minimum Gasteiger partial charge on any atom is -0.507 e. The van der Waals surface area contributed by atoms with Gasteiger partial charge in [-0.1, -0.05) is 0 Å². The van der Waals surface area contributed by atoms with Crippen molar-refractivity contribution in [2.45, 2.75) is 13.3 Å². The molecule has 0 heterocycles. The molecule has 0 aliphatic heterocycles. The van der Waals surface area contributed by atoms with E-state index in [1.807, 2.05) is 0 Å². The average molecular weight is 223 g/mol. The zero-order valence-electron chi connectivity index (χ0n) is 9.11. The first-order chi connectivity index (χ1) is 7.58. The summed E-state index contributed by atoms with van der Waals surface area (Å²) in [5.74, 6) is 0.0515. The van der Waals surface area contributed by atoms with Crippen LogP contribution in [0.1, 0.15) is 12.5 Å². The summed E-state index contributed by atoms with van der Waals surface area (Å²) in [4.78, 5) is 21.3. The Bertz CT molecular complexity index is 415. The van der Waals surface area contributed by atoms with Gasteiger partial charge >= 0.3 is 0 Å². The lowest BCUT2D eigenvalue weighted by atomic mass is 10.1. The van der Waals surface area contributed by atoms with Crippen LogP contribution >= 0.6 is 0 Å². The van der Waals surface area contributed by atoms with E-state index in [0.29, 0.717) is 23.3 Å². The third kappa shape index (κ3) is 2.73. The van der Waals surface area contributed by atoms with E-state index >= 15 is 0 Å². The van der Waals surface area contributed by atoms with E-state index in [2.05, 4.69) is 5.32 Å². The Morgan fingerprint density at radius 3 is 2.75 bits per heavy atom. The van der Waals surface area contributed by atoms with Crippen LogP contribution in [0.5, 0.6) is 11.5 Å². The summed E-state index contributed by atoms with van der Waals surface area (Å²) in [7, 11) is 1.43. The van der Waals surface area contributed by atoms with Gasteiger partial charge in [-0.3, -0.25) is 4.79 Å². The highest BCUT2D eigenvalue weighted by atomic mass is 16.5. The molecule has 0 atom stereocenters.